The lowest BCUT2D eigenvalue weighted by molar-refractivity contribution is 0.118. The van der Waals surface area contributed by atoms with E-state index in [0.29, 0.717) is 24.4 Å². The maximum atomic E-state index is 5.56. The fourth-order valence-electron chi connectivity index (χ4n) is 2.09. The van der Waals surface area contributed by atoms with Crippen LogP contribution < -0.4 is 0 Å². The summed E-state index contributed by atoms with van der Waals surface area (Å²) in [5.41, 5.74) is 0. The predicted molar refractivity (Wildman–Crippen MR) is 58.0 cm³/mol. The third kappa shape index (κ3) is 3.44. The van der Waals surface area contributed by atoms with Crippen LogP contribution in [0.3, 0.4) is 0 Å². The first-order chi connectivity index (χ1) is 7.35. The smallest absolute Gasteiger partial charge is 0.0863 e. The van der Waals surface area contributed by atoms with Crippen molar-refractivity contribution >= 4 is 0 Å². The van der Waals surface area contributed by atoms with Gasteiger partial charge in [-0.05, 0) is 25.7 Å². The Hall–Kier alpha value is -0.120. The van der Waals surface area contributed by atoms with Crippen LogP contribution in [0, 0.1) is 0 Å². The summed E-state index contributed by atoms with van der Waals surface area (Å²) < 4.78 is 16.4. The second kappa shape index (κ2) is 5.28. The maximum absolute atomic E-state index is 5.56. The fraction of sp³-hybridized carbons (Fsp3) is 1.00. The summed E-state index contributed by atoms with van der Waals surface area (Å²) in [5, 5.41) is 0. The molecule has 0 spiro atoms. The molecule has 0 radical (unpaired) electrons. The second-order valence-corrected chi connectivity index (χ2v) is 4.43. The summed E-state index contributed by atoms with van der Waals surface area (Å²) in [6.45, 7) is 6.01. The first-order valence-electron chi connectivity index (χ1n) is 6.23. The Kier molecular flexibility index (Phi) is 4.00. The minimum atomic E-state index is 0.482. The van der Waals surface area contributed by atoms with E-state index in [1.807, 2.05) is 0 Å². The van der Waals surface area contributed by atoms with Crippen LogP contribution in [-0.4, -0.2) is 37.6 Å². The van der Waals surface area contributed by atoms with Gasteiger partial charge in [0, 0.05) is 13.2 Å². The van der Waals surface area contributed by atoms with Gasteiger partial charge < -0.3 is 14.2 Å². The monoisotopic (exact) mass is 214 g/mol. The zero-order valence-electron chi connectivity index (χ0n) is 9.78. The van der Waals surface area contributed by atoms with Crippen molar-refractivity contribution in [2.75, 3.05) is 13.2 Å². The molecule has 2 rings (SSSR count). The van der Waals surface area contributed by atoms with E-state index >= 15 is 0 Å². The Morgan fingerprint density at radius 2 is 1.27 bits per heavy atom. The van der Waals surface area contributed by atoms with E-state index in [1.165, 1.54) is 0 Å². The van der Waals surface area contributed by atoms with Gasteiger partial charge in [0.15, 0.2) is 0 Å². The van der Waals surface area contributed by atoms with Crippen molar-refractivity contribution in [2.45, 2.75) is 63.9 Å². The normalized spacial score (nSPS) is 38.0. The summed E-state index contributed by atoms with van der Waals surface area (Å²) in [7, 11) is 0. The Morgan fingerprint density at radius 3 is 1.60 bits per heavy atom. The molecule has 2 aliphatic rings. The highest BCUT2D eigenvalue weighted by atomic mass is 16.6. The lowest BCUT2D eigenvalue weighted by Crippen LogP contribution is -2.05. The van der Waals surface area contributed by atoms with Crippen LogP contribution in [0.4, 0.5) is 0 Å². The molecule has 3 nitrogen and oxygen atoms in total. The molecule has 2 fully saturated rings. The minimum absolute atomic E-state index is 0.482. The molecule has 4 atom stereocenters. The van der Waals surface area contributed by atoms with E-state index in [1.54, 1.807) is 0 Å². The van der Waals surface area contributed by atoms with Crippen LogP contribution in [0.5, 0.6) is 0 Å². The molecule has 0 N–H and O–H groups in total. The first kappa shape index (κ1) is 11.4. The van der Waals surface area contributed by atoms with Gasteiger partial charge in [0.25, 0.3) is 0 Å². The topological polar surface area (TPSA) is 34.3 Å². The molecule has 0 aromatic carbocycles. The van der Waals surface area contributed by atoms with Crippen molar-refractivity contribution in [1.82, 2.24) is 0 Å². The highest BCUT2D eigenvalue weighted by molar-refractivity contribution is 4.84. The van der Waals surface area contributed by atoms with E-state index in [0.717, 1.165) is 38.9 Å². The van der Waals surface area contributed by atoms with Crippen LogP contribution in [-0.2, 0) is 14.2 Å². The zero-order valence-corrected chi connectivity index (χ0v) is 9.78. The molecular weight excluding hydrogens is 192 g/mol. The van der Waals surface area contributed by atoms with Gasteiger partial charge >= 0.3 is 0 Å². The molecule has 0 aromatic heterocycles. The van der Waals surface area contributed by atoms with E-state index in [-0.39, 0.29) is 0 Å². The minimum Gasteiger partial charge on any atom is -0.381 e. The van der Waals surface area contributed by atoms with Gasteiger partial charge in [0.2, 0.25) is 0 Å². The van der Waals surface area contributed by atoms with E-state index < -0.39 is 0 Å². The van der Waals surface area contributed by atoms with Gasteiger partial charge in [-0.1, -0.05) is 13.8 Å². The Balaban J connectivity index is 1.37. The lowest BCUT2D eigenvalue weighted by atomic mass is 10.2. The Labute approximate surface area is 92.1 Å². The van der Waals surface area contributed by atoms with Crippen molar-refractivity contribution in [3.8, 4) is 0 Å². The van der Waals surface area contributed by atoms with E-state index in [9.17, 15) is 0 Å². The third-order valence-corrected chi connectivity index (χ3v) is 3.27. The highest BCUT2D eigenvalue weighted by Crippen LogP contribution is 2.29. The summed E-state index contributed by atoms with van der Waals surface area (Å²) >= 11 is 0. The molecule has 0 aromatic rings. The van der Waals surface area contributed by atoms with Crippen molar-refractivity contribution in [3.05, 3.63) is 0 Å². The van der Waals surface area contributed by atoms with Gasteiger partial charge in [-0.2, -0.15) is 0 Å². The van der Waals surface area contributed by atoms with Crippen molar-refractivity contribution < 1.29 is 14.2 Å². The molecule has 3 heteroatoms. The number of ether oxygens (including phenoxy) is 3. The van der Waals surface area contributed by atoms with E-state index in [4.69, 9.17) is 14.2 Å². The number of rotatable bonds is 8. The zero-order chi connectivity index (χ0) is 10.7. The van der Waals surface area contributed by atoms with Crippen molar-refractivity contribution in [3.63, 3.8) is 0 Å². The van der Waals surface area contributed by atoms with Gasteiger partial charge in [0.1, 0.15) is 0 Å². The molecule has 15 heavy (non-hydrogen) atoms. The molecule has 0 aliphatic carbocycles. The Bertz CT molecular complexity index is 175. The van der Waals surface area contributed by atoms with Gasteiger partial charge in [-0.15, -0.1) is 0 Å². The van der Waals surface area contributed by atoms with Crippen LogP contribution in [0.2, 0.25) is 0 Å². The standard InChI is InChI=1S/C12H22O3/c1-3-9-11(14-9)5-7-13-8-6-12-10(4-2)15-12/h9-12H,3-8H2,1-2H3. The second-order valence-electron chi connectivity index (χ2n) is 4.43. The number of epoxide rings is 2. The third-order valence-electron chi connectivity index (χ3n) is 3.27. The van der Waals surface area contributed by atoms with E-state index in [2.05, 4.69) is 13.8 Å². The molecule has 0 saturated carbocycles. The lowest BCUT2D eigenvalue weighted by Gasteiger charge is -2.00. The largest absolute Gasteiger partial charge is 0.381 e. The fourth-order valence-corrected chi connectivity index (χ4v) is 2.09. The molecule has 0 bridgehead atoms. The van der Waals surface area contributed by atoms with Gasteiger partial charge in [0.05, 0.1) is 24.4 Å². The highest BCUT2D eigenvalue weighted by Gasteiger charge is 2.37. The SMILES string of the molecule is CCC1OC1CCOCCC1OC1CC. The van der Waals surface area contributed by atoms with Crippen molar-refractivity contribution in [2.24, 2.45) is 0 Å². The quantitative estimate of drug-likeness (QED) is 0.458. The summed E-state index contributed by atoms with van der Waals surface area (Å²) in [4.78, 5) is 0. The molecular formula is C12H22O3. The van der Waals surface area contributed by atoms with Crippen LogP contribution in [0.1, 0.15) is 39.5 Å². The average Bonchev–Trinajstić information content (AvgIpc) is 3.12. The first-order valence-corrected chi connectivity index (χ1v) is 6.23. The molecule has 0 amide bonds. The summed E-state index contributed by atoms with van der Waals surface area (Å²) in [5.74, 6) is 0. The number of hydrogen-bond acceptors (Lipinski definition) is 3. The molecule has 4 unspecified atom stereocenters. The maximum Gasteiger partial charge on any atom is 0.0863 e. The summed E-state index contributed by atoms with van der Waals surface area (Å²) in [6.07, 6.45) is 6.39. The van der Waals surface area contributed by atoms with Crippen LogP contribution in [0.25, 0.3) is 0 Å². The van der Waals surface area contributed by atoms with Gasteiger partial charge in [-0.3, -0.25) is 0 Å². The number of hydrogen-bond donors (Lipinski definition) is 0. The van der Waals surface area contributed by atoms with Crippen molar-refractivity contribution in [1.29, 1.82) is 0 Å². The molecule has 2 aliphatic heterocycles. The predicted octanol–water partition coefficient (Wildman–Crippen LogP) is 2.14. The Morgan fingerprint density at radius 1 is 0.800 bits per heavy atom. The van der Waals surface area contributed by atoms with Crippen LogP contribution in [0.15, 0.2) is 0 Å². The molecule has 88 valence electrons. The summed E-state index contributed by atoms with van der Waals surface area (Å²) in [6, 6.07) is 0. The average molecular weight is 214 g/mol. The van der Waals surface area contributed by atoms with Crippen LogP contribution >= 0.6 is 0 Å². The molecule has 2 heterocycles. The van der Waals surface area contributed by atoms with Gasteiger partial charge in [-0.25, -0.2) is 0 Å². The molecule has 2 saturated heterocycles.